The molecule has 0 amide bonds. The van der Waals surface area contributed by atoms with Crippen LogP contribution in [0.1, 0.15) is 17.0 Å². The van der Waals surface area contributed by atoms with E-state index in [1.54, 1.807) is 4.68 Å². The Balaban J connectivity index is 2.25. The second-order valence-corrected chi connectivity index (χ2v) is 4.84. The number of nitrogens with one attached hydrogen (secondary N) is 1. The molecule has 0 unspecified atom stereocenters. The minimum absolute atomic E-state index is 0.142. The molecular weight excluding hydrogens is 282 g/mol. The SMILES string of the molecule is Cc1nn(C)c(C)c1CNc1ncc(Cl)cc1[N+](=O)[O-]. The van der Waals surface area contributed by atoms with Crippen LogP contribution in [0.2, 0.25) is 5.02 Å². The highest BCUT2D eigenvalue weighted by Gasteiger charge is 2.17. The lowest BCUT2D eigenvalue weighted by Gasteiger charge is -2.07. The summed E-state index contributed by atoms with van der Waals surface area (Å²) >= 11 is 5.72. The summed E-state index contributed by atoms with van der Waals surface area (Å²) < 4.78 is 1.77. The zero-order chi connectivity index (χ0) is 14.9. The topological polar surface area (TPSA) is 85.9 Å². The lowest BCUT2D eigenvalue weighted by Crippen LogP contribution is -2.06. The minimum Gasteiger partial charge on any atom is -0.360 e. The van der Waals surface area contributed by atoms with Crippen molar-refractivity contribution in [3.05, 3.63) is 44.4 Å². The van der Waals surface area contributed by atoms with E-state index in [0.717, 1.165) is 17.0 Å². The summed E-state index contributed by atoms with van der Waals surface area (Å²) in [7, 11) is 1.86. The fourth-order valence-corrected chi connectivity index (χ4v) is 2.10. The Morgan fingerprint density at radius 2 is 2.20 bits per heavy atom. The second-order valence-electron chi connectivity index (χ2n) is 4.40. The van der Waals surface area contributed by atoms with Crippen molar-refractivity contribution in [2.24, 2.45) is 7.05 Å². The molecule has 2 heterocycles. The van der Waals surface area contributed by atoms with Crippen LogP contribution in [0.4, 0.5) is 11.5 Å². The van der Waals surface area contributed by atoms with Gasteiger partial charge in [0, 0.05) is 37.1 Å². The number of hydrogen-bond donors (Lipinski definition) is 1. The van der Waals surface area contributed by atoms with Gasteiger partial charge in [0.05, 0.1) is 15.6 Å². The molecule has 106 valence electrons. The third-order valence-electron chi connectivity index (χ3n) is 3.12. The number of aromatic nitrogens is 3. The molecule has 0 bridgehead atoms. The largest absolute Gasteiger partial charge is 0.360 e. The maximum absolute atomic E-state index is 11.0. The van der Waals surface area contributed by atoms with E-state index in [2.05, 4.69) is 15.4 Å². The maximum atomic E-state index is 11.0. The molecule has 2 rings (SSSR count). The standard InChI is InChI=1S/C12H14ClN5O2/c1-7-10(8(2)17(3)16-7)6-15-12-11(18(19)20)4-9(13)5-14-12/h4-5H,6H2,1-3H3,(H,14,15). The first-order chi connectivity index (χ1) is 9.40. The van der Waals surface area contributed by atoms with Crippen LogP contribution in [0.5, 0.6) is 0 Å². The van der Waals surface area contributed by atoms with Crippen LogP contribution in [0, 0.1) is 24.0 Å². The summed E-state index contributed by atoms with van der Waals surface area (Å²) in [6, 6.07) is 1.28. The van der Waals surface area contributed by atoms with Crippen LogP contribution in [-0.2, 0) is 13.6 Å². The third kappa shape index (κ3) is 2.72. The van der Waals surface area contributed by atoms with Crippen LogP contribution in [0.25, 0.3) is 0 Å². The summed E-state index contributed by atoms with van der Waals surface area (Å²) in [5.41, 5.74) is 2.75. The van der Waals surface area contributed by atoms with Crippen LogP contribution in [0.15, 0.2) is 12.3 Å². The van der Waals surface area contributed by atoms with Crippen molar-refractivity contribution < 1.29 is 4.92 Å². The fraction of sp³-hybridized carbons (Fsp3) is 0.333. The third-order valence-corrected chi connectivity index (χ3v) is 3.33. The molecular formula is C12H14ClN5O2. The number of nitrogens with zero attached hydrogens (tertiary/aromatic N) is 4. The van der Waals surface area contributed by atoms with Gasteiger partial charge >= 0.3 is 5.69 Å². The number of halogens is 1. The van der Waals surface area contributed by atoms with Gasteiger partial charge in [-0.05, 0) is 13.8 Å². The van der Waals surface area contributed by atoms with Gasteiger partial charge in [-0.1, -0.05) is 11.6 Å². The van der Waals surface area contributed by atoms with Crippen molar-refractivity contribution in [1.82, 2.24) is 14.8 Å². The highest BCUT2D eigenvalue weighted by atomic mass is 35.5. The lowest BCUT2D eigenvalue weighted by atomic mass is 10.2. The molecule has 2 aromatic heterocycles. The predicted octanol–water partition coefficient (Wildman–Crippen LogP) is 2.61. The number of nitro groups is 1. The number of aryl methyl sites for hydroxylation is 2. The van der Waals surface area contributed by atoms with Gasteiger partial charge in [0.15, 0.2) is 0 Å². The van der Waals surface area contributed by atoms with Crippen LogP contribution in [-0.4, -0.2) is 19.7 Å². The molecule has 0 aromatic carbocycles. The number of pyridine rings is 1. The molecule has 7 nitrogen and oxygen atoms in total. The first-order valence-electron chi connectivity index (χ1n) is 5.93. The molecule has 0 spiro atoms. The Morgan fingerprint density at radius 1 is 1.50 bits per heavy atom. The smallest absolute Gasteiger partial charge is 0.312 e. The molecule has 20 heavy (non-hydrogen) atoms. The molecule has 2 aromatic rings. The van der Waals surface area contributed by atoms with Crippen LogP contribution < -0.4 is 5.32 Å². The zero-order valence-corrected chi connectivity index (χ0v) is 12.1. The van der Waals surface area contributed by atoms with E-state index >= 15 is 0 Å². The van der Waals surface area contributed by atoms with Gasteiger partial charge in [0.25, 0.3) is 0 Å². The monoisotopic (exact) mass is 295 g/mol. The van der Waals surface area contributed by atoms with E-state index < -0.39 is 4.92 Å². The van der Waals surface area contributed by atoms with Gasteiger partial charge in [-0.2, -0.15) is 5.10 Å². The van der Waals surface area contributed by atoms with Gasteiger partial charge in [-0.15, -0.1) is 0 Å². The Bertz CT molecular complexity index is 668. The van der Waals surface area contributed by atoms with Gasteiger partial charge < -0.3 is 5.32 Å². The number of anilines is 1. The predicted molar refractivity (Wildman–Crippen MR) is 75.9 cm³/mol. The molecule has 1 N–H and O–H groups in total. The molecule has 0 aliphatic carbocycles. The highest BCUT2D eigenvalue weighted by molar-refractivity contribution is 6.30. The van der Waals surface area contributed by atoms with E-state index in [4.69, 9.17) is 11.6 Å². The van der Waals surface area contributed by atoms with Crippen molar-refractivity contribution >= 4 is 23.1 Å². The van der Waals surface area contributed by atoms with Gasteiger partial charge in [0.1, 0.15) is 0 Å². The van der Waals surface area contributed by atoms with E-state index in [9.17, 15) is 10.1 Å². The number of hydrogen-bond acceptors (Lipinski definition) is 5. The quantitative estimate of drug-likeness (QED) is 0.692. The summed E-state index contributed by atoms with van der Waals surface area (Å²) in [5, 5.41) is 18.5. The molecule has 0 saturated carbocycles. The molecule has 0 aliphatic rings. The van der Waals surface area contributed by atoms with E-state index in [1.165, 1.54) is 12.3 Å². The Hall–Kier alpha value is -2.15. The summed E-state index contributed by atoms with van der Waals surface area (Å²) in [6.45, 7) is 4.26. The second kappa shape index (κ2) is 5.46. The average Bonchev–Trinajstić information content (AvgIpc) is 2.62. The summed E-state index contributed by atoms with van der Waals surface area (Å²) in [6.07, 6.45) is 1.37. The molecule has 8 heteroatoms. The van der Waals surface area contributed by atoms with Crippen LogP contribution in [0.3, 0.4) is 0 Å². The first kappa shape index (κ1) is 14.3. The summed E-state index contributed by atoms with van der Waals surface area (Å²) in [4.78, 5) is 14.4. The molecule has 0 fully saturated rings. The van der Waals surface area contributed by atoms with Crippen molar-refractivity contribution in [2.75, 3.05) is 5.32 Å². The Kier molecular flexibility index (Phi) is 3.89. The molecule has 0 radical (unpaired) electrons. The van der Waals surface area contributed by atoms with Crippen molar-refractivity contribution in [3.63, 3.8) is 0 Å². The minimum atomic E-state index is -0.510. The van der Waals surface area contributed by atoms with Crippen LogP contribution >= 0.6 is 11.6 Å². The van der Waals surface area contributed by atoms with E-state index in [0.29, 0.717) is 6.54 Å². The first-order valence-corrected chi connectivity index (χ1v) is 6.31. The zero-order valence-electron chi connectivity index (χ0n) is 11.3. The summed E-state index contributed by atoms with van der Waals surface area (Å²) in [5.74, 6) is 0.196. The number of rotatable bonds is 4. The lowest BCUT2D eigenvalue weighted by molar-refractivity contribution is -0.384. The Labute approximate surface area is 120 Å². The van der Waals surface area contributed by atoms with E-state index in [-0.39, 0.29) is 16.5 Å². The van der Waals surface area contributed by atoms with Crippen molar-refractivity contribution in [3.8, 4) is 0 Å². The van der Waals surface area contributed by atoms with Crippen molar-refractivity contribution in [2.45, 2.75) is 20.4 Å². The van der Waals surface area contributed by atoms with E-state index in [1.807, 2.05) is 20.9 Å². The molecule has 0 aliphatic heterocycles. The van der Waals surface area contributed by atoms with Gasteiger partial charge in [-0.3, -0.25) is 14.8 Å². The maximum Gasteiger partial charge on any atom is 0.312 e. The van der Waals surface area contributed by atoms with Crippen molar-refractivity contribution in [1.29, 1.82) is 0 Å². The Morgan fingerprint density at radius 3 is 2.75 bits per heavy atom. The molecule has 0 atom stereocenters. The normalized spacial score (nSPS) is 10.6. The highest BCUT2D eigenvalue weighted by Crippen LogP contribution is 2.26. The van der Waals surface area contributed by atoms with Gasteiger partial charge in [0.2, 0.25) is 5.82 Å². The molecule has 0 saturated heterocycles. The van der Waals surface area contributed by atoms with Gasteiger partial charge in [-0.25, -0.2) is 4.98 Å². The average molecular weight is 296 g/mol. The fourth-order valence-electron chi connectivity index (χ4n) is 1.95.